The largest absolute Gasteiger partial charge is 0.360 e. The smallest absolute Gasteiger partial charge is 0.263 e. The molecule has 0 radical (unpaired) electrons. The predicted molar refractivity (Wildman–Crippen MR) is 96.5 cm³/mol. The van der Waals surface area contributed by atoms with E-state index in [1.54, 1.807) is 12.1 Å². The maximum absolute atomic E-state index is 12.3. The summed E-state index contributed by atoms with van der Waals surface area (Å²) in [4.78, 5) is 12.3. The number of halogens is 1. The molecule has 0 saturated heterocycles. The van der Waals surface area contributed by atoms with Gasteiger partial charge < -0.3 is 10.6 Å². The summed E-state index contributed by atoms with van der Waals surface area (Å²) >= 11 is 5.96. The quantitative estimate of drug-likeness (QED) is 0.629. The molecule has 2 rings (SSSR count). The molecule has 0 aliphatic heterocycles. The van der Waals surface area contributed by atoms with Crippen molar-refractivity contribution in [3.8, 4) is 6.07 Å². The Balaban J connectivity index is 2.08. The molecule has 0 saturated carbocycles. The SMILES string of the molecule is Cc1ccc(Cl)cc1N/C=C(/C#N)C(=O)NC(C)c1ccccc1. The van der Waals surface area contributed by atoms with Crippen LogP contribution in [-0.4, -0.2) is 5.91 Å². The minimum atomic E-state index is -0.430. The molecule has 4 nitrogen and oxygen atoms in total. The molecule has 1 unspecified atom stereocenters. The summed E-state index contributed by atoms with van der Waals surface area (Å²) in [7, 11) is 0. The highest BCUT2D eigenvalue weighted by Crippen LogP contribution is 2.20. The monoisotopic (exact) mass is 339 g/mol. The summed E-state index contributed by atoms with van der Waals surface area (Å²) in [5, 5.41) is 15.6. The van der Waals surface area contributed by atoms with E-state index in [0.29, 0.717) is 5.02 Å². The third-order valence-electron chi connectivity index (χ3n) is 3.58. The third kappa shape index (κ3) is 4.61. The molecule has 122 valence electrons. The van der Waals surface area contributed by atoms with Crippen LogP contribution in [0.3, 0.4) is 0 Å². The fraction of sp³-hybridized carbons (Fsp3) is 0.158. The van der Waals surface area contributed by atoms with Crippen molar-refractivity contribution in [2.75, 3.05) is 5.32 Å². The number of anilines is 1. The van der Waals surface area contributed by atoms with E-state index in [1.165, 1.54) is 6.20 Å². The van der Waals surface area contributed by atoms with Gasteiger partial charge in [0.15, 0.2) is 0 Å². The van der Waals surface area contributed by atoms with Gasteiger partial charge in [0.2, 0.25) is 0 Å². The van der Waals surface area contributed by atoms with Crippen LogP contribution in [0.25, 0.3) is 0 Å². The maximum Gasteiger partial charge on any atom is 0.263 e. The second-order valence-electron chi connectivity index (χ2n) is 5.38. The molecule has 2 aromatic carbocycles. The minimum absolute atomic E-state index is 0.00263. The van der Waals surface area contributed by atoms with Crippen LogP contribution >= 0.6 is 11.6 Å². The van der Waals surface area contributed by atoms with Crippen LogP contribution in [-0.2, 0) is 4.79 Å². The summed E-state index contributed by atoms with van der Waals surface area (Å²) in [6.07, 6.45) is 1.39. The van der Waals surface area contributed by atoms with Gasteiger partial charge in [0.25, 0.3) is 5.91 Å². The van der Waals surface area contributed by atoms with Gasteiger partial charge in [0, 0.05) is 16.9 Å². The van der Waals surface area contributed by atoms with Crippen molar-refractivity contribution in [1.82, 2.24) is 5.32 Å². The summed E-state index contributed by atoms with van der Waals surface area (Å²) < 4.78 is 0. The number of rotatable bonds is 5. The van der Waals surface area contributed by atoms with Crippen molar-refractivity contribution in [3.05, 3.63) is 76.5 Å². The zero-order valence-electron chi connectivity index (χ0n) is 13.5. The van der Waals surface area contributed by atoms with Crippen molar-refractivity contribution >= 4 is 23.2 Å². The van der Waals surface area contributed by atoms with Gasteiger partial charge in [-0.1, -0.05) is 48.0 Å². The fourth-order valence-corrected chi connectivity index (χ4v) is 2.32. The predicted octanol–water partition coefficient (Wildman–Crippen LogP) is 4.35. The normalized spacial score (nSPS) is 12.2. The van der Waals surface area contributed by atoms with Crippen molar-refractivity contribution in [2.45, 2.75) is 19.9 Å². The first-order valence-electron chi connectivity index (χ1n) is 7.50. The van der Waals surface area contributed by atoms with Crippen LogP contribution in [0.15, 0.2) is 60.3 Å². The highest BCUT2D eigenvalue weighted by molar-refractivity contribution is 6.30. The van der Waals surface area contributed by atoms with Gasteiger partial charge in [0.1, 0.15) is 11.6 Å². The van der Waals surface area contributed by atoms with Crippen LogP contribution in [0.4, 0.5) is 5.69 Å². The molecule has 0 spiro atoms. The number of aryl methyl sites for hydroxylation is 1. The molecule has 0 aromatic heterocycles. The summed E-state index contributed by atoms with van der Waals surface area (Å²) in [5.74, 6) is -0.430. The van der Waals surface area contributed by atoms with E-state index in [-0.39, 0.29) is 11.6 Å². The number of carbonyl (C=O) groups excluding carboxylic acids is 1. The van der Waals surface area contributed by atoms with Gasteiger partial charge >= 0.3 is 0 Å². The topological polar surface area (TPSA) is 64.9 Å². The Morgan fingerprint density at radius 3 is 2.62 bits per heavy atom. The lowest BCUT2D eigenvalue weighted by molar-refractivity contribution is -0.117. The molecule has 2 aromatic rings. The third-order valence-corrected chi connectivity index (χ3v) is 3.82. The molecule has 2 N–H and O–H groups in total. The van der Waals surface area contributed by atoms with E-state index in [2.05, 4.69) is 10.6 Å². The maximum atomic E-state index is 12.3. The van der Waals surface area contributed by atoms with Crippen LogP contribution < -0.4 is 10.6 Å². The molecule has 0 heterocycles. The minimum Gasteiger partial charge on any atom is -0.360 e. The highest BCUT2D eigenvalue weighted by atomic mass is 35.5. The van der Waals surface area contributed by atoms with E-state index >= 15 is 0 Å². The van der Waals surface area contributed by atoms with Crippen LogP contribution in [0.1, 0.15) is 24.1 Å². The van der Waals surface area contributed by atoms with Crippen molar-refractivity contribution in [2.24, 2.45) is 0 Å². The molecule has 0 aliphatic rings. The number of nitrogens with one attached hydrogen (secondary N) is 2. The van der Waals surface area contributed by atoms with Gasteiger partial charge in [-0.2, -0.15) is 5.26 Å². The molecule has 5 heteroatoms. The zero-order valence-corrected chi connectivity index (χ0v) is 14.3. The first-order chi connectivity index (χ1) is 11.5. The van der Waals surface area contributed by atoms with Gasteiger partial charge in [0.05, 0.1) is 6.04 Å². The van der Waals surface area contributed by atoms with Gasteiger partial charge in [-0.05, 0) is 37.1 Å². The molecule has 0 bridgehead atoms. The first-order valence-corrected chi connectivity index (χ1v) is 7.88. The van der Waals surface area contributed by atoms with Gasteiger partial charge in [-0.25, -0.2) is 0 Å². The molecular weight excluding hydrogens is 322 g/mol. The number of amides is 1. The molecule has 24 heavy (non-hydrogen) atoms. The second-order valence-corrected chi connectivity index (χ2v) is 5.82. The molecular formula is C19H18ClN3O. The number of carbonyl (C=O) groups is 1. The summed E-state index contributed by atoms with van der Waals surface area (Å²) in [5.41, 5.74) is 2.68. The first kappa shape index (κ1) is 17.6. The summed E-state index contributed by atoms with van der Waals surface area (Å²) in [6.45, 7) is 3.78. The van der Waals surface area contributed by atoms with Crippen molar-refractivity contribution in [3.63, 3.8) is 0 Å². The van der Waals surface area contributed by atoms with E-state index in [1.807, 2.05) is 56.3 Å². The average Bonchev–Trinajstić information content (AvgIpc) is 2.59. The van der Waals surface area contributed by atoms with Crippen LogP contribution in [0.2, 0.25) is 5.02 Å². The summed E-state index contributed by atoms with van der Waals surface area (Å²) in [6, 6.07) is 16.7. The Morgan fingerprint density at radius 1 is 1.25 bits per heavy atom. The van der Waals surface area contributed by atoms with Gasteiger partial charge in [-0.15, -0.1) is 0 Å². The Morgan fingerprint density at radius 2 is 1.96 bits per heavy atom. The van der Waals surface area contributed by atoms with E-state index in [4.69, 9.17) is 11.6 Å². The number of benzene rings is 2. The standard InChI is InChI=1S/C19H18ClN3O/c1-13-8-9-17(20)10-18(13)22-12-16(11-21)19(24)23-14(2)15-6-4-3-5-7-15/h3-10,12,14,22H,1-2H3,(H,23,24)/b16-12-. The Labute approximate surface area is 146 Å². The Kier molecular flexibility index (Phi) is 6.00. The molecule has 1 amide bonds. The highest BCUT2D eigenvalue weighted by Gasteiger charge is 2.13. The molecule has 0 fully saturated rings. The van der Waals surface area contributed by atoms with Crippen molar-refractivity contribution in [1.29, 1.82) is 5.26 Å². The molecule has 0 aliphatic carbocycles. The lowest BCUT2D eigenvalue weighted by atomic mass is 10.1. The van der Waals surface area contributed by atoms with E-state index in [9.17, 15) is 10.1 Å². The zero-order chi connectivity index (χ0) is 17.5. The van der Waals surface area contributed by atoms with E-state index in [0.717, 1.165) is 16.8 Å². The number of hydrogen-bond donors (Lipinski definition) is 2. The number of nitriles is 1. The Hall–Kier alpha value is -2.77. The van der Waals surface area contributed by atoms with E-state index < -0.39 is 5.91 Å². The van der Waals surface area contributed by atoms with Crippen LogP contribution in [0, 0.1) is 18.3 Å². The fourth-order valence-electron chi connectivity index (χ4n) is 2.15. The van der Waals surface area contributed by atoms with Crippen molar-refractivity contribution < 1.29 is 4.79 Å². The number of nitrogens with zero attached hydrogens (tertiary/aromatic N) is 1. The van der Waals surface area contributed by atoms with Gasteiger partial charge in [-0.3, -0.25) is 4.79 Å². The second kappa shape index (κ2) is 8.19. The lowest BCUT2D eigenvalue weighted by Gasteiger charge is -2.14. The lowest BCUT2D eigenvalue weighted by Crippen LogP contribution is -2.28. The average molecular weight is 340 g/mol. The van der Waals surface area contributed by atoms with Crippen LogP contribution in [0.5, 0.6) is 0 Å². The number of hydrogen-bond acceptors (Lipinski definition) is 3. The molecule has 1 atom stereocenters. The Bertz CT molecular complexity index is 794.